The molecule has 0 amide bonds. The molecular formula is C11H17NO2S2. The summed E-state index contributed by atoms with van der Waals surface area (Å²) in [4.78, 5) is 0. The molecule has 1 aliphatic rings. The van der Waals surface area contributed by atoms with E-state index in [0.717, 1.165) is 19.4 Å². The Kier molecular flexibility index (Phi) is 3.66. The van der Waals surface area contributed by atoms with Crippen molar-refractivity contribution in [1.29, 1.82) is 0 Å². The summed E-state index contributed by atoms with van der Waals surface area (Å²) in [6, 6.07) is 0.364. The quantitative estimate of drug-likeness (QED) is 0.899. The van der Waals surface area contributed by atoms with E-state index in [9.17, 15) is 8.42 Å². The Bertz CT molecular complexity index is 436. The monoisotopic (exact) mass is 259 g/mol. The Morgan fingerprint density at radius 1 is 1.38 bits per heavy atom. The fourth-order valence-electron chi connectivity index (χ4n) is 1.92. The molecule has 1 fully saturated rings. The number of rotatable bonds is 3. The van der Waals surface area contributed by atoms with Crippen molar-refractivity contribution in [3.8, 4) is 0 Å². The Morgan fingerprint density at radius 3 is 2.62 bits per heavy atom. The van der Waals surface area contributed by atoms with Crippen LogP contribution in [0.4, 0.5) is 0 Å². The first-order valence-corrected chi connectivity index (χ1v) is 8.29. The van der Waals surface area contributed by atoms with Crippen molar-refractivity contribution in [3.05, 3.63) is 21.9 Å². The zero-order valence-corrected chi connectivity index (χ0v) is 11.0. The second-order valence-corrected chi connectivity index (χ2v) is 7.43. The summed E-state index contributed by atoms with van der Waals surface area (Å²) in [7, 11) is -2.73. The summed E-state index contributed by atoms with van der Waals surface area (Å²) < 4.78 is 22.5. The van der Waals surface area contributed by atoms with Crippen molar-refractivity contribution < 1.29 is 8.42 Å². The van der Waals surface area contributed by atoms with E-state index < -0.39 is 9.84 Å². The van der Waals surface area contributed by atoms with Crippen LogP contribution in [0.25, 0.3) is 0 Å². The van der Waals surface area contributed by atoms with E-state index in [1.54, 1.807) is 11.3 Å². The second kappa shape index (κ2) is 4.85. The first-order chi connectivity index (χ1) is 7.57. The highest BCUT2D eigenvalue weighted by molar-refractivity contribution is 7.91. The molecule has 5 heteroatoms. The van der Waals surface area contributed by atoms with Crippen LogP contribution >= 0.6 is 11.3 Å². The Labute approximate surface area is 101 Å². The largest absolute Gasteiger partial charge is 0.310 e. The molecule has 1 aromatic rings. The third-order valence-electron chi connectivity index (χ3n) is 3.10. The lowest BCUT2D eigenvalue weighted by Gasteiger charge is -2.23. The molecule has 1 aromatic heterocycles. The highest BCUT2D eigenvalue weighted by Crippen LogP contribution is 2.16. The Morgan fingerprint density at radius 2 is 2.06 bits per heavy atom. The molecule has 0 atom stereocenters. The highest BCUT2D eigenvalue weighted by atomic mass is 32.2. The molecule has 2 rings (SSSR count). The van der Waals surface area contributed by atoms with Crippen molar-refractivity contribution >= 4 is 21.2 Å². The van der Waals surface area contributed by atoms with E-state index in [1.807, 2.05) is 0 Å². The van der Waals surface area contributed by atoms with Gasteiger partial charge in [-0.1, -0.05) is 0 Å². The molecule has 90 valence electrons. The maximum atomic E-state index is 11.3. The van der Waals surface area contributed by atoms with E-state index in [4.69, 9.17) is 0 Å². The molecule has 1 N–H and O–H groups in total. The lowest BCUT2D eigenvalue weighted by Crippen LogP contribution is -2.37. The van der Waals surface area contributed by atoms with Crippen LogP contribution in [-0.2, 0) is 16.4 Å². The van der Waals surface area contributed by atoms with Gasteiger partial charge in [-0.05, 0) is 41.7 Å². The minimum atomic E-state index is -2.73. The molecule has 16 heavy (non-hydrogen) atoms. The molecule has 0 unspecified atom stereocenters. The smallest absolute Gasteiger partial charge is 0.150 e. The standard InChI is InChI=1S/C11H17NO2S2/c1-9-7-15-8-10(9)6-12-11-2-4-16(13,14)5-3-11/h7-8,11-12H,2-6H2,1H3. The number of nitrogens with one attached hydrogen (secondary N) is 1. The van der Waals surface area contributed by atoms with Crippen LogP contribution in [0.1, 0.15) is 24.0 Å². The molecule has 0 aliphatic carbocycles. The van der Waals surface area contributed by atoms with Gasteiger partial charge in [0.2, 0.25) is 0 Å². The summed E-state index contributed by atoms with van der Waals surface area (Å²) in [6.07, 6.45) is 1.51. The zero-order valence-electron chi connectivity index (χ0n) is 9.40. The number of hydrogen-bond acceptors (Lipinski definition) is 4. The van der Waals surface area contributed by atoms with E-state index in [-0.39, 0.29) is 0 Å². The summed E-state index contributed by atoms with van der Waals surface area (Å²) in [6.45, 7) is 2.97. The lowest BCUT2D eigenvalue weighted by molar-refractivity contribution is 0.463. The van der Waals surface area contributed by atoms with Gasteiger partial charge in [0.25, 0.3) is 0 Å². The van der Waals surface area contributed by atoms with Crippen molar-refractivity contribution in [2.24, 2.45) is 0 Å². The van der Waals surface area contributed by atoms with Gasteiger partial charge in [-0.2, -0.15) is 11.3 Å². The summed E-state index contributed by atoms with van der Waals surface area (Å²) in [5, 5.41) is 7.74. The summed E-state index contributed by atoms with van der Waals surface area (Å²) in [5.74, 6) is 0.681. The molecule has 0 aromatic carbocycles. The van der Waals surface area contributed by atoms with Crippen LogP contribution in [-0.4, -0.2) is 26.0 Å². The van der Waals surface area contributed by atoms with Crippen LogP contribution < -0.4 is 5.32 Å². The molecule has 0 bridgehead atoms. The van der Waals surface area contributed by atoms with Crippen molar-refractivity contribution in [1.82, 2.24) is 5.32 Å². The lowest BCUT2D eigenvalue weighted by atomic mass is 10.1. The molecule has 0 radical (unpaired) electrons. The van der Waals surface area contributed by atoms with Crippen LogP contribution in [0.2, 0.25) is 0 Å². The highest BCUT2D eigenvalue weighted by Gasteiger charge is 2.22. The van der Waals surface area contributed by atoms with Gasteiger partial charge >= 0.3 is 0 Å². The van der Waals surface area contributed by atoms with Gasteiger partial charge in [0.05, 0.1) is 11.5 Å². The maximum absolute atomic E-state index is 11.3. The normalized spacial score (nSPS) is 21.1. The third-order valence-corrected chi connectivity index (χ3v) is 5.72. The topological polar surface area (TPSA) is 46.2 Å². The number of hydrogen-bond donors (Lipinski definition) is 1. The zero-order chi connectivity index (χ0) is 11.6. The molecule has 1 saturated heterocycles. The minimum absolute atomic E-state index is 0.341. The number of sulfone groups is 1. The molecule has 0 saturated carbocycles. The van der Waals surface area contributed by atoms with Crippen LogP contribution in [0, 0.1) is 6.92 Å². The molecule has 2 heterocycles. The fraction of sp³-hybridized carbons (Fsp3) is 0.636. The number of aryl methyl sites for hydroxylation is 1. The molecular weight excluding hydrogens is 242 g/mol. The van der Waals surface area contributed by atoms with Gasteiger partial charge in [-0.3, -0.25) is 0 Å². The van der Waals surface area contributed by atoms with Crippen LogP contribution in [0.3, 0.4) is 0 Å². The first-order valence-electron chi connectivity index (χ1n) is 5.52. The van der Waals surface area contributed by atoms with Gasteiger partial charge in [0, 0.05) is 12.6 Å². The Hall–Kier alpha value is -0.390. The van der Waals surface area contributed by atoms with Gasteiger partial charge < -0.3 is 5.32 Å². The van der Waals surface area contributed by atoms with E-state index in [0.29, 0.717) is 17.5 Å². The number of thiophene rings is 1. The van der Waals surface area contributed by atoms with E-state index >= 15 is 0 Å². The predicted octanol–water partition coefficient (Wildman–Crippen LogP) is 1.72. The molecule has 0 spiro atoms. The maximum Gasteiger partial charge on any atom is 0.150 e. The molecule has 3 nitrogen and oxygen atoms in total. The minimum Gasteiger partial charge on any atom is -0.310 e. The van der Waals surface area contributed by atoms with Crippen LogP contribution in [0.5, 0.6) is 0 Å². The van der Waals surface area contributed by atoms with Crippen molar-refractivity contribution in [3.63, 3.8) is 0 Å². The molecule has 1 aliphatic heterocycles. The average Bonchev–Trinajstić information content (AvgIpc) is 2.63. The summed E-state index contributed by atoms with van der Waals surface area (Å²) >= 11 is 1.72. The summed E-state index contributed by atoms with van der Waals surface area (Å²) in [5.41, 5.74) is 2.65. The van der Waals surface area contributed by atoms with E-state index in [1.165, 1.54) is 11.1 Å². The van der Waals surface area contributed by atoms with Gasteiger partial charge in [-0.15, -0.1) is 0 Å². The first kappa shape index (κ1) is 12.1. The van der Waals surface area contributed by atoms with Gasteiger partial charge in [0.1, 0.15) is 9.84 Å². The van der Waals surface area contributed by atoms with Gasteiger partial charge in [-0.25, -0.2) is 8.42 Å². The Balaban J connectivity index is 1.82. The average molecular weight is 259 g/mol. The third kappa shape index (κ3) is 3.06. The van der Waals surface area contributed by atoms with Crippen molar-refractivity contribution in [2.75, 3.05) is 11.5 Å². The van der Waals surface area contributed by atoms with Crippen molar-refractivity contribution in [2.45, 2.75) is 32.4 Å². The second-order valence-electron chi connectivity index (χ2n) is 4.39. The van der Waals surface area contributed by atoms with E-state index in [2.05, 4.69) is 23.0 Å². The van der Waals surface area contributed by atoms with Crippen LogP contribution in [0.15, 0.2) is 10.8 Å². The predicted molar refractivity (Wildman–Crippen MR) is 67.6 cm³/mol. The fourth-order valence-corrected chi connectivity index (χ4v) is 4.26. The SMILES string of the molecule is Cc1cscc1CNC1CCS(=O)(=O)CC1. The van der Waals surface area contributed by atoms with Gasteiger partial charge in [0.15, 0.2) is 0 Å².